The lowest BCUT2D eigenvalue weighted by atomic mass is 10.1. The summed E-state index contributed by atoms with van der Waals surface area (Å²) < 4.78 is 4.98. The summed E-state index contributed by atoms with van der Waals surface area (Å²) >= 11 is 5.85. The van der Waals surface area contributed by atoms with E-state index in [4.69, 9.17) is 21.4 Å². The minimum absolute atomic E-state index is 0.187. The van der Waals surface area contributed by atoms with E-state index in [-0.39, 0.29) is 6.10 Å². The Balaban J connectivity index is 2.12. The van der Waals surface area contributed by atoms with Crippen molar-refractivity contribution in [3.05, 3.63) is 41.0 Å². The van der Waals surface area contributed by atoms with E-state index >= 15 is 0 Å². The number of aliphatic hydroxyl groups excluding tert-OH is 1. The predicted molar refractivity (Wildman–Crippen MR) is 56.6 cm³/mol. The second-order valence-electron chi connectivity index (χ2n) is 3.55. The van der Waals surface area contributed by atoms with Crippen LogP contribution >= 0.6 is 11.6 Å². The van der Waals surface area contributed by atoms with E-state index in [2.05, 4.69) is 4.98 Å². The Kier molecular flexibility index (Phi) is 1.92. The van der Waals surface area contributed by atoms with Crippen molar-refractivity contribution in [2.75, 3.05) is 0 Å². The Bertz CT molecular complexity index is 529. The number of hydrogen-bond acceptors (Lipinski definition) is 3. The second kappa shape index (κ2) is 3.17. The molecule has 76 valence electrons. The average Bonchev–Trinajstić information content (AvgIpc) is 2.94. The third kappa shape index (κ3) is 1.59. The van der Waals surface area contributed by atoms with Gasteiger partial charge in [-0.1, -0.05) is 17.7 Å². The van der Waals surface area contributed by atoms with Crippen molar-refractivity contribution in [1.29, 1.82) is 0 Å². The highest BCUT2D eigenvalue weighted by molar-refractivity contribution is 6.31. The SMILES string of the molecule is OC1OC1c1ccc2ncc(Cl)cc2c1. The van der Waals surface area contributed by atoms with Gasteiger partial charge in [-0.15, -0.1) is 0 Å². The molecule has 1 saturated heterocycles. The van der Waals surface area contributed by atoms with Gasteiger partial charge >= 0.3 is 0 Å². The van der Waals surface area contributed by atoms with Crippen molar-refractivity contribution in [2.24, 2.45) is 0 Å². The van der Waals surface area contributed by atoms with E-state index in [9.17, 15) is 0 Å². The molecular formula is C11H8ClNO2. The molecule has 1 N–H and O–H groups in total. The summed E-state index contributed by atoms with van der Waals surface area (Å²) in [5, 5.41) is 10.7. The van der Waals surface area contributed by atoms with Crippen molar-refractivity contribution in [3.63, 3.8) is 0 Å². The molecule has 0 radical (unpaired) electrons. The van der Waals surface area contributed by atoms with Crippen LogP contribution in [0.2, 0.25) is 5.02 Å². The molecule has 2 atom stereocenters. The molecule has 0 saturated carbocycles. The smallest absolute Gasteiger partial charge is 0.186 e. The van der Waals surface area contributed by atoms with Crippen LogP contribution in [0.4, 0.5) is 0 Å². The van der Waals surface area contributed by atoms with Gasteiger partial charge < -0.3 is 9.84 Å². The van der Waals surface area contributed by atoms with Gasteiger partial charge in [-0.25, -0.2) is 0 Å². The second-order valence-corrected chi connectivity index (χ2v) is 3.99. The topological polar surface area (TPSA) is 45.6 Å². The van der Waals surface area contributed by atoms with E-state index < -0.39 is 6.29 Å². The minimum atomic E-state index is -0.658. The summed E-state index contributed by atoms with van der Waals surface area (Å²) in [6.07, 6.45) is 0.773. The Morgan fingerprint density at radius 2 is 2.13 bits per heavy atom. The minimum Gasteiger partial charge on any atom is -0.366 e. The van der Waals surface area contributed by atoms with Gasteiger partial charge in [0.15, 0.2) is 6.29 Å². The Morgan fingerprint density at radius 1 is 1.33 bits per heavy atom. The lowest BCUT2D eigenvalue weighted by Gasteiger charge is -2.00. The number of pyridine rings is 1. The molecule has 0 bridgehead atoms. The van der Waals surface area contributed by atoms with Crippen molar-refractivity contribution in [1.82, 2.24) is 4.98 Å². The largest absolute Gasteiger partial charge is 0.366 e. The molecule has 4 heteroatoms. The van der Waals surface area contributed by atoms with Crippen molar-refractivity contribution < 1.29 is 9.84 Å². The third-order valence-electron chi connectivity index (χ3n) is 2.47. The van der Waals surface area contributed by atoms with Crippen LogP contribution in [0, 0.1) is 0 Å². The highest BCUT2D eigenvalue weighted by Gasteiger charge is 2.38. The van der Waals surface area contributed by atoms with Crippen LogP contribution in [0.3, 0.4) is 0 Å². The average molecular weight is 222 g/mol. The summed E-state index contributed by atoms with van der Waals surface area (Å²) in [7, 11) is 0. The van der Waals surface area contributed by atoms with Gasteiger partial charge in [-0.05, 0) is 23.8 Å². The van der Waals surface area contributed by atoms with E-state index in [1.165, 1.54) is 0 Å². The number of ether oxygens (including phenoxy) is 1. The monoisotopic (exact) mass is 221 g/mol. The standard InChI is InChI=1S/C11H8ClNO2/c12-8-4-7-3-6(10-11(14)15-10)1-2-9(7)13-5-8/h1-5,10-11,14H. The predicted octanol–water partition coefficient (Wildman–Crippen LogP) is 2.28. The summed E-state index contributed by atoms with van der Waals surface area (Å²) in [5.41, 5.74) is 1.84. The lowest BCUT2D eigenvalue weighted by molar-refractivity contribution is 0.156. The molecule has 3 rings (SSSR count). The fourth-order valence-electron chi connectivity index (χ4n) is 1.65. The van der Waals surface area contributed by atoms with Crippen LogP contribution in [-0.2, 0) is 4.74 Å². The molecule has 2 unspecified atom stereocenters. The number of benzene rings is 1. The van der Waals surface area contributed by atoms with Crippen molar-refractivity contribution >= 4 is 22.5 Å². The van der Waals surface area contributed by atoms with Gasteiger partial charge in [0.1, 0.15) is 6.10 Å². The van der Waals surface area contributed by atoms with Crippen LogP contribution in [-0.4, -0.2) is 16.4 Å². The number of fused-ring (bicyclic) bond motifs is 1. The number of halogens is 1. The lowest BCUT2D eigenvalue weighted by Crippen LogP contribution is -1.87. The normalized spacial score (nSPS) is 24.4. The molecule has 1 aliphatic heterocycles. The van der Waals surface area contributed by atoms with Gasteiger partial charge in [0.05, 0.1) is 10.5 Å². The fraction of sp³-hybridized carbons (Fsp3) is 0.182. The first-order valence-electron chi connectivity index (χ1n) is 4.63. The van der Waals surface area contributed by atoms with Crippen LogP contribution < -0.4 is 0 Å². The summed E-state index contributed by atoms with van der Waals surface area (Å²) in [4.78, 5) is 4.19. The Hall–Kier alpha value is -1.16. The molecule has 2 heterocycles. The molecule has 2 aromatic rings. The van der Waals surface area contributed by atoms with Crippen LogP contribution in [0.25, 0.3) is 10.9 Å². The number of nitrogens with zero attached hydrogens (tertiary/aromatic N) is 1. The van der Waals surface area contributed by atoms with Crippen LogP contribution in [0.15, 0.2) is 30.5 Å². The molecule has 1 aliphatic rings. The first-order chi connectivity index (χ1) is 7.24. The number of aliphatic hydroxyl groups is 1. The van der Waals surface area contributed by atoms with Gasteiger partial charge in [0.2, 0.25) is 0 Å². The zero-order valence-electron chi connectivity index (χ0n) is 7.72. The first-order valence-corrected chi connectivity index (χ1v) is 5.00. The summed E-state index contributed by atoms with van der Waals surface area (Å²) in [6, 6.07) is 7.59. The zero-order chi connectivity index (χ0) is 10.4. The molecular weight excluding hydrogens is 214 g/mol. The number of aromatic nitrogens is 1. The van der Waals surface area contributed by atoms with E-state index in [1.807, 2.05) is 24.3 Å². The van der Waals surface area contributed by atoms with Gasteiger partial charge in [-0.3, -0.25) is 4.98 Å². The Morgan fingerprint density at radius 3 is 2.87 bits per heavy atom. The first kappa shape index (κ1) is 9.09. The zero-order valence-corrected chi connectivity index (χ0v) is 8.48. The highest BCUT2D eigenvalue weighted by Crippen LogP contribution is 2.37. The van der Waals surface area contributed by atoms with Crippen molar-refractivity contribution in [3.8, 4) is 0 Å². The third-order valence-corrected chi connectivity index (χ3v) is 2.68. The maximum absolute atomic E-state index is 9.14. The summed E-state index contributed by atoms with van der Waals surface area (Å²) in [6.45, 7) is 0. The van der Waals surface area contributed by atoms with E-state index in [0.717, 1.165) is 16.5 Å². The van der Waals surface area contributed by atoms with Gasteiger partial charge in [-0.2, -0.15) is 0 Å². The van der Waals surface area contributed by atoms with Crippen LogP contribution in [0.5, 0.6) is 0 Å². The van der Waals surface area contributed by atoms with E-state index in [1.54, 1.807) is 6.20 Å². The summed E-state index contributed by atoms with van der Waals surface area (Å²) in [5.74, 6) is 0. The number of rotatable bonds is 1. The molecule has 15 heavy (non-hydrogen) atoms. The fourth-order valence-corrected chi connectivity index (χ4v) is 1.81. The number of hydrogen-bond donors (Lipinski definition) is 1. The van der Waals surface area contributed by atoms with Gasteiger partial charge in [0, 0.05) is 11.6 Å². The van der Waals surface area contributed by atoms with Crippen LogP contribution in [0.1, 0.15) is 11.7 Å². The highest BCUT2D eigenvalue weighted by atomic mass is 35.5. The van der Waals surface area contributed by atoms with Crippen molar-refractivity contribution in [2.45, 2.75) is 12.4 Å². The maximum Gasteiger partial charge on any atom is 0.186 e. The molecule has 1 fully saturated rings. The van der Waals surface area contributed by atoms with Gasteiger partial charge in [0.25, 0.3) is 0 Å². The number of epoxide rings is 1. The molecule has 1 aromatic carbocycles. The quantitative estimate of drug-likeness (QED) is 0.752. The molecule has 1 aromatic heterocycles. The Labute approximate surface area is 91.3 Å². The molecule has 0 spiro atoms. The molecule has 3 nitrogen and oxygen atoms in total. The molecule has 0 amide bonds. The molecule has 0 aliphatic carbocycles. The van der Waals surface area contributed by atoms with E-state index in [0.29, 0.717) is 5.02 Å². The maximum atomic E-state index is 9.14.